The summed E-state index contributed by atoms with van der Waals surface area (Å²) in [6, 6.07) is 15.3. The molecule has 35 heavy (non-hydrogen) atoms. The molecular weight excluding hydrogens is 500 g/mol. The van der Waals surface area contributed by atoms with Crippen molar-refractivity contribution in [2.24, 2.45) is 7.05 Å². The van der Waals surface area contributed by atoms with E-state index in [1.165, 1.54) is 62.5 Å². The van der Waals surface area contributed by atoms with Crippen molar-refractivity contribution in [1.29, 1.82) is 0 Å². The number of aryl methyl sites for hydroxylation is 2. The minimum absolute atomic E-state index is 0. The van der Waals surface area contributed by atoms with Gasteiger partial charge < -0.3 is 14.8 Å². The first-order valence-electron chi connectivity index (χ1n) is 13.0. The molecule has 0 saturated heterocycles. The quantitative estimate of drug-likeness (QED) is 0.202. The maximum atomic E-state index is 9.96. The molecule has 5 heteroatoms. The summed E-state index contributed by atoms with van der Waals surface area (Å²) in [6.45, 7) is 4.30. The summed E-state index contributed by atoms with van der Waals surface area (Å²) in [6.07, 6.45) is 15.6. The second-order valence-electron chi connectivity index (χ2n) is 9.82. The smallest absolute Gasteiger partial charge is 0.115 e. The van der Waals surface area contributed by atoms with Crippen LogP contribution in [0.4, 0.5) is 0 Å². The molecule has 0 amide bonds. The van der Waals surface area contributed by atoms with Crippen molar-refractivity contribution in [2.75, 3.05) is 0 Å². The molecule has 192 valence electrons. The standard InChI is InChI=1S/C30H42N2O2.BrH/c1-4-5-6-7-8-9-10-11-12-21-30(25-13-17-28(33)18-14-25,26-15-19-29(34)20-16-26)22-27-23-32(3)24(2)31-27;/h13-20,23,33-34H,4-12,21-22H2,1-3H3;1H. The van der Waals surface area contributed by atoms with Gasteiger partial charge in [-0.2, -0.15) is 0 Å². The van der Waals surface area contributed by atoms with Gasteiger partial charge in [-0.05, 0) is 48.7 Å². The van der Waals surface area contributed by atoms with Gasteiger partial charge in [0.05, 0.1) is 5.69 Å². The third kappa shape index (κ3) is 8.13. The second kappa shape index (κ2) is 14.3. The molecule has 0 unspecified atom stereocenters. The zero-order valence-electron chi connectivity index (χ0n) is 21.7. The van der Waals surface area contributed by atoms with Gasteiger partial charge in [0, 0.05) is 25.1 Å². The second-order valence-corrected chi connectivity index (χ2v) is 9.82. The summed E-state index contributed by atoms with van der Waals surface area (Å²) in [5.41, 5.74) is 3.15. The van der Waals surface area contributed by atoms with Crippen LogP contribution in [0.3, 0.4) is 0 Å². The zero-order chi connectivity index (χ0) is 24.4. The lowest BCUT2D eigenvalue weighted by molar-refractivity contribution is 0.427. The van der Waals surface area contributed by atoms with Gasteiger partial charge in [-0.25, -0.2) is 4.98 Å². The van der Waals surface area contributed by atoms with Gasteiger partial charge in [0.1, 0.15) is 17.3 Å². The van der Waals surface area contributed by atoms with E-state index in [4.69, 9.17) is 4.98 Å². The van der Waals surface area contributed by atoms with Crippen LogP contribution in [0.15, 0.2) is 54.7 Å². The largest absolute Gasteiger partial charge is 0.508 e. The minimum atomic E-state index is -0.274. The Morgan fingerprint density at radius 2 is 1.20 bits per heavy atom. The molecule has 2 aromatic carbocycles. The van der Waals surface area contributed by atoms with Crippen molar-refractivity contribution in [3.05, 3.63) is 77.4 Å². The van der Waals surface area contributed by atoms with Crippen molar-refractivity contribution in [3.63, 3.8) is 0 Å². The molecule has 1 heterocycles. The number of nitrogens with zero attached hydrogens (tertiary/aromatic N) is 2. The molecule has 0 saturated carbocycles. The maximum absolute atomic E-state index is 9.96. The number of phenolic OH excluding ortho intramolecular Hbond substituents is 2. The van der Waals surface area contributed by atoms with E-state index in [9.17, 15) is 10.2 Å². The lowest BCUT2D eigenvalue weighted by Crippen LogP contribution is -2.31. The summed E-state index contributed by atoms with van der Waals surface area (Å²) in [5, 5.41) is 19.9. The minimum Gasteiger partial charge on any atom is -0.508 e. The van der Waals surface area contributed by atoms with Gasteiger partial charge in [-0.1, -0.05) is 89.0 Å². The molecular formula is C30H43BrN2O2. The summed E-state index contributed by atoms with van der Waals surface area (Å²) in [5.74, 6) is 1.56. The van der Waals surface area contributed by atoms with E-state index in [1.54, 1.807) is 24.3 Å². The Morgan fingerprint density at radius 1 is 0.743 bits per heavy atom. The van der Waals surface area contributed by atoms with Gasteiger partial charge in [0.15, 0.2) is 0 Å². The normalized spacial score (nSPS) is 11.4. The molecule has 0 radical (unpaired) electrons. The highest BCUT2D eigenvalue weighted by Crippen LogP contribution is 2.41. The third-order valence-corrected chi connectivity index (χ3v) is 7.19. The van der Waals surface area contributed by atoms with E-state index in [1.807, 2.05) is 38.2 Å². The van der Waals surface area contributed by atoms with Crippen LogP contribution in [-0.2, 0) is 18.9 Å². The van der Waals surface area contributed by atoms with Crippen LogP contribution in [0.5, 0.6) is 11.5 Å². The first kappa shape index (κ1) is 29.0. The van der Waals surface area contributed by atoms with Crippen molar-refractivity contribution < 1.29 is 10.2 Å². The van der Waals surface area contributed by atoms with Crippen molar-refractivity contribution in [3.8, 4) is 11.5 Å². The Labute approximate surface area is 222 Å². The van der Waals surface area contributed by atoms with Crippen LogP contribution in [0.1, 0.15) is 93.8 Å². The van der Waals surface area contributed by atoms with E-state index >= 15 is 0 Å². The third-order valence-electron chi connectivity index (χ3n) is 7.19. The van der Waals surface area contributed by atoms with Crippen LogP contribution in [0.25, 0.3) is 0 Å². The van der Waals surface area contributed by atoms with Crippen molar-refractivity contribution in [2.45, 2.75) is 89.9 Å². The predicted octanol–water partition coefficient (Wildman–Crippen LogP) is 8.17. The first-order valence-corrected chi connectivity index (χ1v) is 13.0. The monoisotopic (exact) mass is 542 g/mol. The average Bonchev–Trinajstić information content (AvgIpc) is 3.14. The van der Waals surface area contributed by atoms with Gasteiger partial charge in [-0.15, -0.1) is 17.0 Å². The summed E-state index contributed by atoms with van der Waals surface area (Å²) < 4.78 is 2.08. The summed E-state index contributed by atoms with van der Waals surface area (Å²) in [4.78, 5) is 4.84. The highest BCUT2D eigenvalue weighted by molar-refractivity contribution is 8.93. The van der Waals surface area contributed by atoms with Gasteiger partial charge in [0.2, 0.25) is 0 Å². The van der Waals surface area contributed by atoms with Crippen LogP contribution >= 0.6 is 17.0 Å². The molecule has 4 nitrogen and oxygen atoms in total. The predicted molar refractivity (Wildman–Crippen MR) is 151 cm³/mol. The van der Waals surface area contributed by atoms with E-state index in [0.717, 1.165) is 30.8 Å². The fourth-order valence-electron chi connectivity index (χ4n) is 5.07. The number of benzene rings is 2. The van der Waals surface area contributed by atoms with Gasteiger partial charge in [-0.3, -0.25) is 0 Å². The molecule has 1 aromatic heterocycles. The Kier molecular flexibility index (Phi) is 11.9. The van der Waals surface area contributed by atoms with Crippen molar-refractivity contribution >= 4 is 17.0 Å². The summed E-state index contributed by atoms with van der Waals surface area (Å²) in [7, 11) is 2.04. The van der Waals surface area contributed by atoms with Crippen molar-refractivity contribution in [1.82, 2.24) is 9.55 Å². The fourth-order valence-corrected chi connectivity index (χ4v) is 5.07. The number of hydrogen-bond donors (Lipinski definition) is 2. The van der Waals surface area contributed by atoms with E-state index in [0.29, 0.717) is 0 Å². The van der Waals surface area contributed by atoms with E-state index in [-0.39, 0.29) is 33.9 Å². The van der Waals surface area contributed by atoms with Gasteiger partial charge >= 0.3 is 0 Å². The number of aromatic nitrogens is 2. The fraction of sp³-hybridized carbons (Fsp3) is 0.500. The summed E-state index contributed by atoms with van der Waals surface area (Å²) >= 11 is 0. The number of rotatable bonds is 14. The highest BCUT2D eigenvalue weighted by Gasteiger charge is 2.35. The molecule has 2 N–H and O–H groups in total. The van der Waals surface area contributed by atoms with E-state index < -0.39 is 0 Å². The van der Waals surface area contributed by atoms with Crippen LogP contribution in [0.2, 0.25) is 0 Å². The molecule has 3 rings (SSSR count). The Balaban J connectivity index is 0.00000432. The molecule has 0 bridgehead atoms. The Morgan fingerprint density at radius 3 is 1.63 bits per heavy atom. The lowest BCUT2D eigenvalue weighted by Gasteiger charge is -2.35. The lowest BCUT2D eigenvalue weighted by atomic mass is 9.68. The van der Waals surface area contributed by atoms with Crippen LogP contribution < -0.4 is 0 Å². The Bertz CT molecular complexity index is 931. The number of imidazole rings is 1. The van der Waals surface area contributed by atoms with E-state index in [2.05, 4.69) is 17.7 Å². The van der Waals surface area contributed by atoms with Gasteiger partial charge in [0.25, 0.3) is 0 Å². The molecule has 0 atom stereocenters. The van der Waals surface area contributed by atoms with Crippen LogP contribution in [-0.4, -0.2) is 19.8 Å². The average molecular weight is 544 g/mol. The highest BCUT2D eigenvalue weighted by atomic mass is 79.9. The maximum Gasteiger partial charge on any atom is 0.115 e. The first-order chi connectivity index (χ1) is 16.4. The zero-order valence-corrected chi connectivity index (χ0v) is 23.4. The SMILES string of the molecule is Br.CCCCCCCCCCCC(Cc1cn(C)c(C)n1)(c1ccc(O)cc1)c1ccc(O)cc1. The number of hydrogen-bond acceptors (Lipinski definition) is 3. The molecule has 0 fully saturated rings. The number of aromatic hydroxyl groups is 2. The topological polar surface area (TPSA) is 58.3 Å². The molecule has 0 aliphatic heterocycles. The molecule has 3 aromatic rings. The number of phenols is 2. The number of halogens is 1. The molecule has 0 aliphatic rings. The number of unbranched alkanes of at least 4 members (excludes halogenated alkanes) is 8. The molecule has 0 spiro atoms. The Hall–Kier alpha value is -2.27. The molecule has 0 aliphatic carbocycles. The van der Waals surface area contributed by atoms with Crippen LogP contribution in [0, 0.1) is 6.92 Å².